The van der Waals surface area contributed by atoms with E-state index in [1.165, 1.54) is 25.7 Å². The van der Waals surface area contributed by atoms with E-state index >= 15 is 0 Å². The zero-order valence-corrected chi connectivity index (χ0v) is 13.4. The first-order valence-electron chi connectivity index (χ1n) is 8.09. The largest absolute Gasteiger partial charge is 0.483 e. The molecule has 1 aromatic rings. The van der Waals surface area contributed by atoms with Gasteiger partial charge in [0.25, 0.3) is 5.91 Å². The minimum Gasteiger partial charge on any atom is -0.483 e. The van der Waals surface area contributed by atoms with E-state index in [1.54, 1.807) is 12.6 Å². The van der Waals surface area contributed by atoms with Crippen LogP contribution in [0.25, 0.3) is 0 Å². The molecule has 1 aliphatic rings. The summed E-state index contributed by atoms with van der Waals surface area (Å²) in [6, 6.07) is 7.86. The highest BCUT2D eigenvalue weighted by Crippen LogP contribution is 2.20. The molecular formula is C18H26N2O2. The Bertz CT molecular complexity index is 512. The van der Waals surface area contributed by atoms with Gasteiger partial charge in [0.1, 0.15) is 5.75 Å². The second kappa shape index (κ2) is 9.26. The minimum atomic E-state index is -0.119. The van der Waals surface area contributed by atoms with Crippen molar-refractivity contribution in [1.82, 2.24) is 10.6 Å². The van der Waals surface area contributed by atoms with Gasteiger partial charge in [-0.2, -0.15) is 0 Å². The summed E-state index contributed by atoms with van der Waals surface area (Å²) in [5.41, 5.74) is 2.67. The normalized spacial score (nSPS) is 14.3. The summed E-state index contributed by atoms with van der Waals surface area (Å²) in [5.74, 6) is 0.655. The highest BCUT2D eigenvalue weighted by Gasteiger charge is 2.06. The van der Waals surface area contributed by atoms with Crippen LogP contribution in [-0.4, -0.2) is 26.1 Å². The van der Waals surface area contributed by atoms with Gasteiger partial charge in [-0.25, -0.2) is 0 Å². The number of carbonyl (C=O) groups excluding carboxylic acids is 1. The summed E-state index contributed by atoms with van der Waals surface area (Å²) in [6.07, 6.45) is 8.70. The van der Waals surface area contributed by atoms with Crippen LogP contribution in [0.3, 0.4) is 0 Å². The van der Waals surface area contributed by atoms with Gasteiger partial charge < -0.3 is 15.4 Å². The monoisotopic (exact) mass is 302 g/mol. The number of hydrogen-bond donors (Lipinski definition) is 2. The van der Waals surface area contributed by atoms with Crippen LogP contribution in [0.4, 0.5) is 0 Å². The Morgan fingerprint density at radius 1 is 1.27 bits per heavy atom. The van der Waals surface area contributed by atoms with Gasteiger partial charge in [0.2, 0.25) is 0 Å². The van der Waals surface area contributed by atoms with Gasteiger partial charge in [-0.3, -0.25) is 4.79 Å². The lowest BCUT2D eigenvalue weighted by Gasteiger charge is -2.14. The molecule has 4 heteroatoms. The molecule has 0 atom stereocenters. The lowest BCUT2D eigenvalue weighted by atomic mass is 9.97. The van der Waals surface area contributed by atoms with Gasteiger partial charge in [-0.05, 0) is 44.7 Å². The van der Waals surface area contributed by atoms with E-state index in [0.717, 1.165) is 30.8 Å². The van der Waals surface area contributed by atoms with Crippen LogP contribution in [0.2, 0.25) is 0 Å². The molecule has 0 fully saturated rings. The Hall–Kier alpha value is -1.81. The molecule has 22 heavy (non-hydrogen) atoms. The molecule has 0 radical (unpaired) electrons. The molecule has 1 aliphatic carbocycles. The van der Waals surface area contributed by atoms with E-state index in [-0.39, 0.29) is 12.5 Å². The fourth-order valence-electron chi connectivity index (χ4n) is 2.61. The van der Waals surface area contributed by atoms with Crippen LogP contribution >= 0.6 is 0 Å². The third-order valence-corrected chi connectivity index (χ3v) is 3.93. The van der Waals surface area contributed by atoms with Crippen molar-refractivity contribution in [1.29, 1.82) is 0 Å². The first-order valence-corrected chi connectivity index (χ1v) is 8.09. The Balaban J connectivity index is 1.76. The van der Waals surface area contributed by atoms with Crippen molar-refractivity contribution < 1.29 is 9.53 Å². The number of hydrogen-bond acceptors (Lipinski definition) is 3. The third-order valence-electron chi connectivity index (χ3n) is 3.93. The number of likely N-dealkylation sites (N-methyl/N-ethyl adjacent to an activating group) is 1. The van der Waals surface area contributed by atoms with Gasteiger partial charge in [-0.1, -0.05) is 29.8 Å². The molecule has 2 N–H and O–H groups in total. The average molecular weight is 302 g/mol. The molecular weight excluding hydrogens is 276 g/mol. The Kier molecular flexibility index (Phi) is 6.97. The fourth-order valence-corrected chi connectivity index (χ4v) is 2.61. The zero-order chi connectivity index (χ0) is 15.6. The average Bonchev–Trinajstić information content (AvgIpc) is 2.58. The van der Waals surface area contributed by atoms with Crippen molar-refractivity contribution in [3.63, 3.8) is 0 Å². The summed E-state index contributed by atoms with van der Waals surface area (Å²) in [4.78, 5) is 11.3. The molecule has 0 aliphatic heterocycles. The van der Waals surface area contributed by atoms with E-state index in [1.807, 2.05) is 24.3 Å². The fraction of sp³-hybridized carbons (Fsp3) is 0.500. The maximum atomic E-state index is 11.3. The van der Waals surface area contributed by atoms with Crippen LogP contribution in [0.15, 0.2) is 35.9 Å². The molecule has 1 amide bonds. The van der Waals surface area contributed by atoms with Gasteiger partial charge in [0.05, 0.1) is 0 Å². The van der Waals surface area contributed by atoms with E-state index < -0.39 is 0 Å². The molecule has 0 spiro atoms. The van der Waals surface area contributed by atoms with E-state index in [0.29, 0.717) is 0 Å². The van der Waals surface area contributed by atoms with Crippen LogP contribution in [0.1, 0.15) is 37.7 Å². The number of para-hydroxylation sites is 1. The highest BCUT2D eigenvalue weighted by atomic mass is 16.5. The van der Waals surface area contributed by atoms with Crippen molar-refractivity contribution in [3.05, 3.63) is 41.5 Å². The summed E-state index contributed by atoms with van der Waals surface area (Å²) >= 11 is 0. The first-order chi connectivity index (χ1) is 10.8. The number of rotatable bonds is 8. The molecule has 0 saturated heterocycles. The summed E-state index contributed by atoms with van der Waals surface area (Å²) in [7, 11) is 1.61. The minimum absolute atomic E-state index is 0.0560. The Labute approximate surface area is 132 Å². The third kappa shape index (κ3) is 5.53. The van der Waals surface area contributed by atoms with Crippen molar-refractivity contribution in [2.75, 3.05) is 20.2 Å². The second-order valence-electron chi connectivity index (χ2n) is 5.60. The number of benzene rings is 1. The maximum Gasteiger partial charge on any atom is 0.257 e. The smallest absolute Gasteiger partial charge is 0.257 e. The lowest BCUT2D eigenvalue weighted by Crippen LogP contribution is -2.25. The molecule has 4 nitrogen and oxygen atoms in total. The quantitative estimate of drug-likeness (QED) is 0.573. The highest BCUT2D eigenvalue weighted by molar-refractivity contribution is 5.77. The summed E-state index contributed by atoms with van der Waals surface area (Å²) < 4.78 is 5.57. The number of carbonyl (C=O) groups is 1. The summed E-state index contributed by atoms with van der Waals surface area (Å²) in [6.45, 7) is 1.80. The van der Waals surface area contributed by atoms with Crippen molar-refractivity contribution in [3.8, 4) is 5.75 Å². The van der Waals surface area contributed by atoms with Gasteiger partial charge in [0.15, 0.2) is 6.61 Å². The van der Waals surface area contributed by atoms with E-state index in [2.05, 4.69) is 16.7 Å². The van der Waals surface area contributed by atoms with E-state index in [4.69, 9.17) is 4.74 Å². The van der Waals surface area contributed by atoms with E-state index in [9.17, 15) is 4.79 Å². The maximum absolute atomic E-state index is 11.3. The molecule has 0 aromatic heterocycles. The predicted molar refractivity (Wildman–Crippen MR) is 88.9 cm³/mol. The van der Waals surface area contributed by atoms with Crippen LogP contribution in [0.5, 0.6) is 5.75 Å². The Morgan fingerprint density at radius 3 is 2.91 bits per heavy atom. The molecule has 0 saturated carbocycles. The topological polar surface area (TPSA) is 50.4 Å². The Morgan fingerprint density at radius 2 is 2.14 bits per heavy atom. The number of amides is 1. The van der Waals surface area contributed by atoms with Crippen molar-refractivity contribution >= 4 is 5.91 Å². The van der Waals surface area contributed by atoms with Crippen molar-refractivity contribution in [2.24, 2.45) is 0 Å². The van der Waals surface area contributed by atoms with Crippen LogP contribution < -0.4 is 15.4 Å². The molecule has 120 valence electrons. The zero-order valence-electron chi connectivity index (χ0n) is 13.4. The molecule has 0 bridgehead atoms. The predicted octanol–water partition coefficient (Wildman–Crippen LogP) is 2.79. The summed E-state index contributed by atoms with van der Waals surface area (Å²) in [5, 5.41) is 6.03. The van der Waals surface area contributed by atoms with Crippen LogP contribution in [-0.2, 0) is 11.3 Å². The molecule has 0 heterocycles. The second-order valence-corrected chi connectivity index (χ2v) is 5.60. The number of ether oxygens (including phenoxy) is 1. The first kappa shape index (κ1) is 16.6. The lowest BCUT2D eigenvalue weighted by molar-refractivity contribution is -0.122. The standard InChI is InChI=1S/C18H26N2O2/c1-19-18(21)14-22-17-10-6-5-9-16(17)13-20-12-11-15-7-3-2-4-8-15/h5-7,9-10,20H,2-4,8,11-14H2,1H3,(H,19,21). The molecule has 1 aromatic carbocycles. The van der Waals surface area contributed by atoms with Crippen molar-refractivity contribution in [2.45, 2.75) is 38.6 Å². The SMILES string of the molecule is CNC(=O)COc1ccccc1CNCCC1=CCCCC1. The van der Waals surface area contributed by atoms with Gasteiger partial charge in [0, 0.05) is 19.2 Å². The van der Waals surface area contributed by atoms with Crippen LogP contribution in [0, 0.1) is 0 Å². The molecule has 0 unspecified atom stereocenters. The van der Waals surface area contributed by atoms with Gasteiger partial charge >= 0.3 is 0 Å². The van der Waals surface area contributed by atoms with Gasteiger partial charge in [-0.15, -0.1) is 0 Å². The number of nitrogens with one attached hydrogen (secondary N) is 2. The molecule has 2 rings (SSSR count). The number of allylic oxidation sites excluding steroid dienone is 1.